The molecule has 0 saturated heterocycles. The second-order valence-electron chi connectivity index (χ2n) is 5.24. The summed E-state index contributed by atoms with van der Waals surface area (Å²) in [5, 5.41) is 14.4. The highest BCUT2D eigenvalue weighted by Crippen LogP contribution is 2.09. The lowest BCUT2D eigenvalue weighted by Crippen LogP contribution is -2.34. The Labute approximate surface area is 118 Å². The lowest BCUT2D eigenvalue weighted by Gasteiger charge is -2.19. The molecular weight excluding hydrogens is 260 g/mol. The fraction of sp³-hybridized carbons (Fsp3) is 0.429. The molecule has 1 aromatic rings. The first-order valence-electron chi connectivity index (χ1n) is 6.32. The van der Waals surface area contributed by atoms with E-state index in [-0.39, 0.29) is 5.56 Å². The van der Waals surface area contributed by atoms with Crippen LogP contribution in [0.25, 0.3) is 0 Å². The van der Waals surface area contributed by atoms with Crippen molar-refractivity contribution in [1.29, 1.82) is 0 Å². The molecule has 0 aliphatic rings. The third-order valence-corrected chi connectivity index (χ3v) is 2.25. The molecule has 6 nitrogen and oxygen atoms in total. The van der Waals surface area contributed by atoms with Gasteiger partial charge in [-0.05, 0) is 45.0 Å². The summed E-state index contributed by atoms with van der Waals surface area (Å²) in [6, 6.07) is 6.39. The molecule has 1 rings (SSSR count). The van der Waals surface area contributed by atoms with Crippen molar-refractivity contribution in [3.63, 3.8) is 0 Å². The molecule has 0 spiro atoms. The summed E-state index contributed by atoms with van der Waals surface area (Å²) in [4.78, 5) is 22.0. The number of amides is 1. The minimum Gasteiger partial charge on any atom is -0.478 e. The van der Waals surface area contributed by atoms with Gasteiger partial charge in [-0.25, -0.2) is 9.59 Å². The summed E-state index contributed by atoms with van der Waals surface area (Å²) < 4.78 is 5.09. The number of nitrogens with one attached hydrogen (secondary N) is 2. The van der Waals surface area contributed by atoms with Crippen LogP contribution in [-0.4, -0.2) is 35.9 Å². The highest BCUT2D eigenvalue weighted by Gasteiger charge is 2.15. The highest BCUT2D eigenvalue weighted by atomic mass is 16.6. The summed E-state index contributed by atoms with van der Waals surface area (Å²) >= 11 is 0. The van der Waals surface area contributed by atoms with Gasteiger partial charge in [0, 0.05) is 18.8 Å². The van der Waals surface area contributed by atoms with Crippen molar-refractivity contribution >= 4 is 17.7 Å². The number of anilines is 1. The maximum absolute atomic E-state index is 11.4. The molecule has 0 unspecified atom stereocenters. The molecule has 1 amide bonds. The molecule has 6 heteroatoms. The van der Waals surface area contributed by atoms with Crippen LogP contribution in [0.15, 0.2) is 24.3 Å². The first-order valence-corrected chi connectivity index (χ1v) is 6.32. The summed E-state index contributed by atoms with van der Waals surface area (Å²) in [6.07, 6.45) is -0.458. The van der Waals surface area contributed by atoms with Crippen molar-refractivity contribution in [2.75, 3.05) is 18.4 Å². The number of carbonyl (C=O) groups is 2. The number of alkyl carbamates (subject to hydrolysis) is 1. The largest absolute Gasteiger partial charge is 0.478 e. The van der Waals surface area contributed by atoms with Gasteiger partial charge in [0.25, 0.3) is 0 Å². The first-order chi connectivity index (χ1) is 9.28. The lowest BCUT2D eigenvalue weighted by atomic mass is 10.2. The number of ether oxygens (including phenoxy) is 1. The number of hydrogen-bond donors (Lipinski definition) is 3. The number of rotatable bonds is 5. The zero-order chi connectivity index (χ0) is 15.2. The van der Waals surface area contributed by atoms with E-state index in [0.717, 1.165) is 5.69 Å². The van der Waals surface area contributed by atoms with E-state index in [1.165, 1.54) is 12.1 Å². The molecule has 0 saturated carbocycles. The SMILES string of the molecule is CC(C)(C)OC(=O)NCCNc1ccc(C(=O)O)cc1. The Bertz CT molecular complexity index is 463. The normalized spacial score (nSPS) is 10.8. The molecule has 0 bridgehead atoms. The van der Waals surface area contributed by atoms with Crippen LogP contribution in [0.1, 0.15) is 31.1 Å². The van der Waals surface area contributed by atoms with Gasteiger partial charge in [0.15, 0.2) is 0 Å². The van der Waals surface area contributed by atoms with E-state index in [2.05, 4.69) is 10.6 Å². The minimum atomic E-state index is -0.955. The third kappa shape index (κ3) is 6.08. The standard InChI is InChI=1S/C14H20N2O4/c1-14(2,3)20-13(19)16-9-8-15-11-6-4-10(5-7-11)12(17)18/h4-7,15H,8-9H2,1-3H3,(H,16,19)(H,17,18). The number of benzene rings is 1. The first kappa shape index (κ1) is 15.8. The maximum Gasteiger partial charge on any atom is 0.407 e. The van der Waals surface area contributed by atoms with Gasteiger partial charge < -0.3 is 20.5 Å². The Morgan fingerprint density at radius 3 is 2.25 bits per heavy atom. The summed E-state index contributed by atoms with van der Waals surface area (Å²) in [7, 11) is 0. The van der Waals surface area contributed by atoms with Gasteiger partial charge in [0.2, 0.25) is 0 Å². The van der Waals surface area contributed by atoms with E-state index in [0.29, 0.717) is 13.1 Å². The second-order valence-corrected chi connectivity index (χ2v) is 5.24. The Morgan fingerprint density at radius 2 is 1.75 bits per heavy atom. The number of hydrogen-bond acceptors (Lipinski definition) is 4. The van der Waals surface area contributed by atoms with Gasteiger partial charge in [0.05, 0.1) is 5.56 Å². The van der Waals surface area contributed by atoms with Crippen molar-refractivity contribution in [2.45, 2.75) is 26.4 Å². The van der Waals surface area contributed by atoms with Gasteiger partial charge in [0.1, 0.15) is 5.60 Å². The van der Waals surface area contributed by atoms with Gasteiger partial charge in [-0.2, -0.15) is 0 Å². The molecule has 110 valence electrons. The summed E-state index contributed by atoms with van der Waals surface area (Å²) in [6.45, 7) is 6.33. The maximum atomic E-state index is 11.4. The van der Waals surface area contributed by atoms with E-state index in [4.69, 9.17) is 9.84 Å². The van der Waals surface area contributed by atoms with Crippen molar-refractivity contribution < 1.29 is 19.4 Å². The van der Waals surface area contributed by atoms with E-state index in [1.807, 2.05) is 0 Å². The van der Waals surface area contributed by atoms with E-state index in [1.54, 1.807) is 32.9 Å². The van der Waals surface area contributed by atoms with Crippen LogP contribution in [0, 0.1) is 0 Å². The quantitative estimate of drug-likeness (QED) is 0.720. The number of carbonyl (C=O) groups excluding carboxylic acids is 1. The number of aromatic carboxylic acids is 1. The molecule has 20 heavy (non-hydrogen) atoms. The Hall–Kier alpha value is -2.24. The Balaban J connectivity index is 2.27. The van der Waals surface area contributed by atoms with E-state index in [9.17, 15) is 9.59 Å². The zero-order valence-electron chi connectivity index (χ0n) is 11.9. The van der Waals surface area contributed by atoms with Crippen LogP contribution >= 0.6 is 0 Å². The molecule has 0 aliphatic heterocycles. The third-order valence-electron chi connectivity index (χ3n) is 2.25. The zero-order valence-corrected chi connectivity index (χ0v) is 11.9. The fourth-order valence-corrected chi connectivity index (χ4v) is 1.42. The van der Waals surface area contributed by atoms with E-state index >= 15 is 0 Å². The molecule has 0 aliphatic carbocycles. The monoisotopic (exact) mass is 280 g/mol. The molecule has 0 aromatic heterocycles. The van der Waals surface area contributed by atoms with Crippen molar-refractivity contribution in [3.05, 3.63) is 29.8 Å². The smallest absolute Gasteiger partial charge is 0.407 e. The topological polar surface area (TPSA) is 87.7 Å². The molecule has 3 N–H and O–H groups in total. The van der Waals surface area contributed by atoms with Gasteiger partial charge in [-0.1, -0.05) is 0 Å². The predicted molar refractivity (Wildman–Crippen MR) is 76.1 cm³/mol. The lowest BCUT2D eigenvalue weighted by molar-refractivity contribution is 0.0529. The molecule has 0 fully saturated rings. The number of carboxylic acid groups (broad SMARTS) is 1. The highest BCUT2D eigenvalue weighted by molar-refractivity contribution is 5.87. The van der Waals surface area contributed by atoms with Crippen LogP contribution < -0.4 is 10.6 Å². The molecule has 0 atom stereocenters. The van der Waals surface area contributed by atoms with E-state index < -0.39 is 17.7 Å². The summed E-state index contributed by atoms with van der Waals surface area (Å²) in [5.74, 6) is -0.955. The minimum absolute atomic E-state index is 0.238. The number of carboxylic acids is 1. The average molecular weight is 280 g/mol. The van der Waals surface area contributed by atoms with Crippen LogP contribution in [0.2, 0.25) is 0 Å². The molecule has 0 heterocycles. The molecular formula is C14H20N2O4. The van der Waals surface area contributed by atoms with Crippen molar-refractivity contribution in [2.24, 2.45) is 0 Å². The van der Waals surface area contributed by atoms with Crippen molar-refractivity contribution in [1.82, 2.24) is 5.32 Å². The van der Waals surface area contributed by atoms with Crippen LogP contribution in [0.5, 0.6) is 0 Å². The van der Waals surface area contributed by atoms with Gasteiger partial charge in [-0.15, -0.1) is 0 Å². The predicted octanol–water partition coefficient (Wildman–Crippen LogP) is 2.32. The van der Waals surface area contributed by atoms with Crippen LogP contribution in [0.4, 0.5) is 10.5 Å². The molecule has 0 radical (unpaired) electrons. The van der Waals surface area contributed by atoms with Gasteiger partial charge in [-0.3, -0.25) is 0 Å². The summed E-state index contributed by atoms with van der Waals surface area (Å²) in [5.41, 5.74) is 0.521. The Kier molecular flexibility index (Phi) is 5.37. The molecule has 1 aromatic carbocycles. The fourth-order valence-electron chi connectivity index (χ4n) is 1.42. The van der Waals surface area contributed by atoms with Crippen molar-refractivity contribution in [3.8, 4) is 0 Å². The Morgan fingerprint density at radius 1 is 1.15 bits per heavy atom. The van der Waals surface area contributed by atoms with Crippen LogP contribution in [0.3, 0.4) is 0 Å². The second kappa shape index (κ2) is 6.79. The van der Waals surface area contributed by atoms with Gasteiger partial charge >= 0.3 is 12.1 Å². The van der Waals surface area contributed by atoms with Crippen LogP contribution in [-0.2, 0) is 4.74 Å². The average Bonchev–Trinajstić information content (AvgIpc) is 2.33.